The number of alkyl halides is 3. The quantitative estimate of drug-likeness (QED) is 0.591. The molecule has 0 spiro atoms. The summed E-state index contributed by atoms with van der Waals surface area (Å²) in [6.45, 7) is 3.27. The fraction of sp³-hybridized carbons (Fsp3) is 0.667. The average Bonchev–Trinajstić information content (AvgIpc) is 3.01. The van der Waals surface area contributed by atoms with Gasteiger partial charge in [-0.25, -0.2) is 13.2 Å². The summed E-state index contributed by atoms with van der Waals surface area (Å²) in [7, 11) is 0. The third-order valence-corrected chi connectivity index (χ3v) is 4.10. The van der Waals surface area contributed by atoms with E-state index in [1.54, 1.807) is 18.7 Å². The molecule has 1 amide bonds. The Morgan fingerprint density at radius 2 is 2.18 bits per heavy atom. The zero-order valence-electron chi connectivity index (χ0n) is 12.7. The number of amides is 1. The predicted molar refractivity (Wildman–Crippen MR) is 74.7 cm³/mol. The van der Waals surface area contributed by atoms with E-state index in [9.17, 15) is 23.2 Å². The highest BCUT2D eigenvalue weighted by Gasteiger charge is 2.43. The van der Waals surface area contributed by atoms with Crippen LogP contribution in [-0.2, 0) is 4.79 Å². The lowest BCUT2D eigenvalue weighted by Gasteiger charge is -2.33. The van der Waals surface area contributed by atoms with Crippen LogP contribution < -0.4 is 0 Å². The lowest BCUT2D eigenvalue weighted by molar-refractivity contribution is -0.125. The number of carbonyl (C=O) groups is 1. The Labute approximate surface area is 128 Å². The molecule has 2 saturated heterocycles. The topological polar surface area (TPSA) is 47.3 Å². The van der Waals surface area contributed by atoms with Gasteiger partial charge in [0.2, 0.25) is 0 Å². The summed E-state index contributed by atoms with van der Waals surface area (Å²) in [5, 5.41) is 9.20. The second-order valence-electron chi connectivity index (χ2n) is 6.31. The molecule has 0 bridgehead atoms. The number of hydrogen-bond acceptors (Lipinski definition) is 3. The van der Waals surface area contributed by atoms with Gasteiger partial charge in [0.05, 0.1) is 13.1 Å². The van der Waals surface area contributed by atoms with Crippen LogP contribution in [0.5, 0.6) is 0 Å². The lowest BCUT2D eigenvalue weighted by atomic mass is 9.99. The van der Waals surface area contributed by atoms with Crippen molar-refractivity contribution in [2.75, 3.05) is 26.2 Å². The summed E-state index contributed by atoms with van der Waals surface area (Å²) in [4.78, 5) is 15.0. The summed E-state index contributed by atoms with van der Waals surface area (Å²) in [6, 6.07) is 1.81. The van der Waals surface area contributed by atoms with Gasteiger partial charge in [-0.1, -0.05) is 0 Å². The van der Waals surface area contributed by atoms with Crippen molar-refractivity contribution in [3.63, 3.8) is 0 Å². The molecule has 0 N–H and O–H groups in total. The van der Waals surface area contributed by atoms with Gasteiger partial charge in [-0.05, 0) is 19.9 Å². The zero-order chi connectivity index (χ0) is 16.5. The first kappa shape index (κ1) is 16.8. The largest absolute Gasteiger partial charge is 0.335 e. The SMILES string of the molecule is CC(C)(C=C(C#N)C(=O)N1C[CH]C(F)C1)N1CCC(F)(F)C1. The number of nitriles is 1. The Morgan fingerprint density at radius 1 is 1.50 bits per heavy atom. The van der Waals surface area contributed by atoms with Gasteiger partial charge < -0.3 is 4.90 Å². The molecule has 7 heteroatoms. The second kappa shape index (κ2) is 5.92. The Kier molecular flexibility index (Phi) is 4.52. The number of hydrogen-bond donors (Lipinski definition) is 0. The summed E-state index contributed by atoms with van der Waals surface area (Å²) < 4.78 is 39.8. The van der Waals surface area contributed by atoms with E-state index >= 15 is 0 Å². The molecular weight excluding hydrogens is 295 g/mol. The van der Waals surface area contributed by atoms with Crippen LogP contribution in [0.15, 0.2) is 11.6 Å². The van der Waals surface area contributed by atoms with E-state index < -0.39 is 30.1 Å². The molecule has 22 heavy (non-hydrogen) atoms. The Morgan fingerprint density at radius 3 is 2.64 bits per heavy atom. The minimum absolute atomic E-state index is 0.0694. The van der Waals surface area contributed by atoms with Crippen LogP contribution in [0.25, 0.3) is 0 Å². The van der Waals surface area contributed by atoms with Gasteiger partial charge in [0.15, 0.2) is 0 Å². The Bertz CT molecular complexity index is 525. The molecule has 2 heterocycles. The van der Waals surface area contributed by atoms with Crippen LogP contribution in [0, 0.1) is 17.8 Å². The van der Waals surface area contributed by atoms with Gasteiger partial charge in [-0.3, -0.25) is 9.69 Å². The van der Waals surface area contributed by atoms with Crippen molar-refractivity contribution in [2.24, 2.45) is 0 Å². The first-order valence-corrected chi connectivity index (χ1v) is 7.17. The monoisotopic (exact) mass is 314 g/mol. The first-order chi connectivity index (χ1) is 10.1. The molecule has 1 radical (unpaired) electrons. The molecule has 2 aliphatic rings. The molecule has 0 aromatic carbocycles. The number of rotatable bonds is 3. The molecule has 1 unspecified atom stereocenters. The van der Waals surface area contributed by atoms with Gasteiger partial charge in [0, 0.05) is 31.5 Å². The van der Waals surface area contributed by atoms with Crippen molar-refractivity contribution in [1.82, 2.24) is 9.80 Å². The van der Waals surface area contributed by atoms with E-state index in [2.05, 4.69) is 0 Å². The van der Waals surface area contributed by atoms with E-state index in [1.807, 2.05) is 6.07 Å². The van der Waals surface area contributed by atoms with Crippen LogP contribution in [0.2, 0.25) is 0 Å². The molecular formula is C15H19F3N3O. The fourth-order valence-corrected chi connectivity index (χ4v) is 2.75. The Hall–Kier alpha value is -1.55. The molecule has 0 saturated carbocycles. The highest BCUT2D eigenvalue weighted by atomic mass is 19.3. The van der Waals surface area contributed by atoms with Crippen LogP contribution >= 0.6 is 0 Å². The van der Waals surface area contributed by atoms with E-state index in [1.165, 1.54) is 17.4 Å². The molecule has 2 rings (SSSR count). The standard InChI is InChI=1S/C15H19F3N3O/c1-14(2,21-6-4-15(17,18)10-21)7-11(8-19)13(22)20-5-3-12(16)9-20/h3,7,12H,4-6,9-10H2,1-2H3. The van der Waals surface area contributed by atoms with Crippen molar-refractivity contribution in [1.29, 1.82) is 5.26 Å². The lowest BCUT2D eigenvalue weighted by Crippen LogP contribution is -2.43. The maximum absolute atomic E-state index is 13.3. The number of halogens is 3. The molecule has 1 atom stereocenters. The van der Waals surface area contributed by atoms with E-state index in [4.69, 9.17) is 0 Å². The summed E-state index contributed by atoms with van der Waals surface area (Å²) in [5.74, 6) is -3.30. The van der Waals surface area contributed by atoms with E-state index in [0.717, 1.165) is 0 Å². The van der Waals surface area contributed by atoms with Crippen LogP contribution in [0.3, 0.4) is 0 Å². The van der Waals surface area contributed by atoms with Gasteiger partial charge in [0.25, 0.3) is 11.8 Å². The molecule has 121 valence electrons. The molecule has 0 aromatic rings. The van der Waals surface area contributed by atoms with Crippen LogP contribution in [0.4, 0.5) is 13.2 Å². The molecule has 2 fully saturated rings. The number of likely N-dealkylation sites (tertiary alicyclic amines) is 2. The van der Waals surface area contributed by atoms with Crippen molar-refractivity contribution < 1.29 is 18.0 Å². The maximum Gasteiger partial charge on any atom is 0.264 e. The third kappa shape index (κ3) is 3.61. The third-order valence-electron chi connectivity index (χ3n) is 4.10. The fourth-order valence-electron chi connectivity index (χ4n) is 2.75. The van der Waals surface area contributed by atoms with E-state index in [0.29, 0.717) is 0 Å². The molecule has 2 aliphatic heterocycles. The van der Waals surface area contributed by atoms with Gasteiger partial charge >= 0.3 is 0 Å². The summed E-state index contributed by atoms with van der Waals surface area (Å²) >= 11 is 0. The smallest absolute Gasteiger partial charge is 0.264 e. The van der Waals surface area contributed by atoms with Crippen LogP contribution in [0.1, 0.15) is 20.3 Å². The average molecular weight is 314 g/mol. The van der Waals surface area contributed by atoms with Crippen molar-refractivity contribution in [2.45, 2.75) is 37.9 Å². The summed E-state index contributed by atoms with van der Waals surface area (Å²) in [5.41, 5.74) is -0.984. The molecule has 0 aromatic heterocycles. The van der Waals surface area contributed by atoms with E-state index in [-0.39, 0.29) is 31.6 Å². The van der Waals surface area contributed by atoms with Crippen molar-refractivity contribution in [3.8, 4) is 6.07 Å². The van der Waals surface area contributed by atoms with Crippen LogP contribution in [-0.4, -0.2) is 59.5 Å². The molecule has 0 aliphatic carbocycles. The van der Waals surface area contributed by atoms with Crippen molar-refractivity contribution >= 4 is 5.91 Å². The minimum atomic E-state index is -2.74. The molecule has 4 nitrogen and oxygen atoms in total. The maximum atomic E-state index is 13.3. The normalized spacial score (nSPS) is 26.3. The minimum Gasteiger partial charge on any atom is -0.335 e. The highest BCUT2D eigenvalue weighted by Crippen LogP contribution is 2.33. The predicted octanol–water partition coefficient (Wildman–Crippen LogP) is 1.94. The van der Waals surface area contributed by atoms with Gasteiger partial charge in [-0.15, -0.1) is 0 Å². The second-order valence-corrected chi connectivity index (χ2v) is 6.31. The number of carbonyl (C=O) groups excluding carboxylic acids is 1. The number of nitrogens with zero attached hydrogens (tertiary/aromatic N) is 3. The Balaban J connectivity index is 2.14. The first-order valence-electron chi connectivity index (χ1n) is 7.17. The van der Waals surface area contributed by atoms with Gasteiger partial charge in [0.1, 0.15) is 17.8 Å². The zero-order valence-corrected chi connectivity index (χ0v) is 12.7. The summed E-state index contributed by atoms with van der Waals surface area (Å²) in [6.07, 6.45) is 1.35. The van der Waals surface area contributed by atoms with Gasteiger partial charge in [-0.2, -0.15) is 5.26 Å². The highest BCUT2D eigenvalue weighted by molar-refractivity contribution is 5.97. The van der Waals surface area contributed by atoms with Crippen molar-refractivity contribution in [3.05, 3.63) is 18.1 Å².